The SMILES string of the molecule is CC(C)(c1cc(N(c2ccccc2)c2ccccc2)cc(Cl)n1)c1cc(N(c2ccccc2)c2ccccc2)cc(Cl)n1. The third-order valence-electron chi connectivity index (χ3n) is 7.41. The van der Waals surface area contributed by atoms with Crippen LogP contribution in [-0.4, -0.2) is 9.97 Å². The Morgan fingerprint density at radius 1 is 0.419 bits per heavy atom. The molecule has 0 radical (unpaired) electrons. The number of rotatable bonds is 8. The third-order valence-corrected chi connectivity index (χ3v) is 7.80. The van der Waals surface area contributed by atoms with Crippen molar-refractivity contribution in [2.24, 2.45) is 0 Å². The number of pyridine rings is 2. The predicted molar refractivity (Wildman–Crippen MR) is 180 cm³/mol. The molecule has 0 fully saturated rings. The van der Waals surface area contributed by atoms with Crippen LogP contribution in [0.4, 0.5) is 34.1 Å². The smallest absolute Gasteiger partial charge is 0.131 e. The fourth-order valence-electron chi connectivity index (χ4n) is 5.20. The van der Waals surface area contributed by atoms with Crippen LogP contribution in [0.3, 0.4) is 0 Å². The summed E-state index contributed by atoms with van der Waals surface area (Å²) >= 11 is 13.5. The second-order valence-corrected chi connectivity index (χ2v) is 11.5. The van der Waals surface area contributed by atoms with E-state index in [-0.39, 0.29) is 0 Å². The Kier molecular flexibility index (Phi) is 8.15. The van der Waals surface area contributed by atoms with Gasteiger partial charge < -0.3 is 9.80 Å². The molecule has 6 heteroatoms. The predicted octanol–water partition coefficient (Wildman–Crippen LogP) is 11.0. The van der Waals surface area contributed by atoms with Crippen molar-refractivity contribution in [3.8, 4) is 0 Å². The lowest BCUT2D eigenvalue weighted by atomic mass is 9.84. The molecule has 212 valence electrons. The molecule has 0 saturated heterocycles. The first-order chi connectivity index (χ1) is 20.9. The van der Waals surface area contributed by atoms with Gasteiger partial charge in [-0.05, 0) is 86.6 Å². The minimum atomic E-state index is -0.641. The van der Waals surface area contributed by atoms with E-state index >= 15 is 0 Å². The van der Waals surface area contributed by atoms with Gasteiger partial charge in [-0.2, -0.15) is 0 Å². The average Bonchev–Trinajstić information content (AvgIpc) is 3.03. The van der Waals surface area contributed by atoms with Gasteiger partial charge in [-0.25, -0.2) is 9.97 Å². The lowest BCUT2D eigenvalue weighted by molar-refractivity contribution is 0.595. The van der Waals surface area contributed by atoms with E-state index in [1.54, 1.807) is 0 Å². The molecule has 6 rings (SSSR count). The van der Waals surface area contributed by atoms with Gasteiger partial charge in [0.05, 0.1) is 22.8 Å². The van der Waals surface area contributed by atoms with Crippen LogP contribution in [0.15, 0.2) is 146 Å². The van der Waals surface area contributed by atoms with Gasteiger partial charge >= 0.3 is 0 Å². The highest BCUT2D eigenvalue weighted by Crippen LogP contribution is 2.41. The Labute approximate surface area is 262 Å². The number of nitrogens with zero attached hydrogens (tertiary/aromatic N) is 4. The lowest BCUT2D eigenvalue weighted by Gasteiger charge is -2.30. The van der Waals surface area contributed by atoms with Crippen LogP contribution < -0.4 is 9.80 Å². The van der Waals surface area contributed by atoms with E-state index in [0.29, 0.717) is 10.3 Å². The van der Waals surface area contributed by atoms with Crippen molar-refractivity contribution in [3.05, 3.63) is 167 Å². The van der Waals surface area contributed by atoms with Crippen molar-refractivity contribution in [1.29, 1.82) is 0 Å². The molecule has 0 saturated carbocycles. The number of benzene rings is 4. The Bertz CT molecular complexity index is 1600. The number of hydrogen-bond acceptors (Lipinski definition) is 4. The zero-order valence-electron chi connectivity index (χ0n) is 23.9. The summed E-state index contributed by atoms with van der Waals surface area (Å²) in [4.78, 5) is 14.0. The van der Waals surface area contributed by atoms with Gasteiger partial charge in [0, 0.05) is 28.2 Å². The molecule has 2 heterocycles. The number of anilines is 6. The molecule has 4 nitrogen and oxygen atoms in total. The van der Waals surface area contributed by atoms with Crippen LogP contribution in [0.25, 0.3) is 0 Å². The first kappa shape index (κ1) is 28.5. The van der Waals surface area contributed by atoms with Crippen molar-refractivity contribution in [3.63, 3.8) is 0 Å². The second-order valence-electron chi connectivity index (χ2n) is 10.7. The van der Waals surface area contributed by atoms with Crippen molar-refractivity contribution in [2.45, 2.75) is 19.3 Å². The summed E-state index contributed by atoms with van der Waals surface area (Å²) in [7, 11) is 0. The van der Waals surface area contributed by atoms with Gasteiger partial charge in [0.15, 0.2) is 0 Å². The molecule has 0 bridgehead atoms. The van der Waals surface area contributed by atoms with Crippen LogP contribution in [0, 0.1) is 0 Å². The maximum Gasteiger partial charge on any atom is 0.131 e. The fraction of sp³-hybridized carbons (Fsp3) is 0.0811. The quantitative estimate of drug-likeness (QED) is 0.163. The molecule has 0 unspecified atom stereocenters. The molecular formula is C37H30Cl2N4. The van der Waals surface area contributed by atoms with E-state index in [1.165, 1.54) is 0 Å². The summed E-state index contributed by atoms with van der Waals surface area (Å²) in [5, 5.41) is 0.796. The van der Waals surface area contributed by atoms with Crippen LogP contribution in [0.1, 0.15) is 25.2 Å². The largest absolute Gasteiger partial charge is 0.310 e. The van der Waals surface area contributed by atoms with Crippen molar-refractivity contribution < 1.29 is 0 Å². The fourth-order valence-corrected chi connectivity index (χ4v) is 5.60. The molecule has 0 spiro atoms. The maximum absolute atomic E-state index is 6.74. The van der Waals surface area contributed by atoms with Crippen molar-refractivity contribution >= 4 is 57.3 Å². The number of aromatic nitrogens is 2. The molecule has 2 aromatic heterocycles. The zero-order chi connectivity index (χ0) is 29.8. The summed E-state index contributed by atoms with van der Waals surface area (Å²) in [6, 6.07) is 48.9. The summed E-state index contributed by atoms with van der Waals surface area (Å²) in [5.41, 5.74) is 6.78. The van der Waals surface area contributed by atoms with Crippen LogP contribution in [0.5, 0.6) is 0 Å². The standard InChI is InChI=1S/C37H30Cl2N4/c1-37(2,33-23-31(25-35(38)40-33)42(27-15-7-3-8-16-27)28-17-9-4-10-18-28)34-24-32(26-36(39)41-34)43(29-19-11-5-12-20-29)30-21-13-6-14-22-30/h3-26H,1-2H3. The van der Waals surface area contributed by atoms with Gasteiger partial charge in [0.25, 0.3) is 0 Å². The molecular weight excluding hydrogens is 571 g/mol. The van der Waals surface area contributed by atoms with Crippen LogP contribution in [-0.2, 0) is 5.41 Å². The number of halogens is 2. The second kappa shape index (κ2) is 12.3. The normalized spacial score (nSPS) is 11.3. The highest BCUT2D eigenvalue weighted by atomic mass is 35.5. The first-order valence-electron chi connectivity index (χ1n) is 14.1. The Hall–Kier alpha value is -4.64. The summed E-state index contributed by atoms with van der Waals surface area (Å²) in [6.07, 6.45) is 0. The van der Waals surface area contributed by atoms with E-state index in [2.05, 4.69) is 84.3 Å². The highest BCUT2D eigenvalue weighted by molar-refractivity contribution is 6.30. The molecule has 0 aliphatic rings. The monoisotopic (exact) mass is 600 g/mol. The Morgan fingerprint density at radius 3 is 0.977 bits per heavy atom. The third kappa shape index (κ3) is 6.12. The van der Waals surface area contributed by atoms with Gasteiger partial charge in [0.2, 0.25) is 0 Å². The van der Waals surface area contributed by atoms with Gasteiger partial charge in [0.1, 0.15) is 10.3 Å². The summed E-state index contributed by atoms with van der Waals surface area (Å²) in [6.45, 7) is 4.20. The first-order valence-corrected chi connectivity index (χ1v) is 14.8. The maximum atomic E-state index is 6.74. The molecule has 0 aliphatic heterocycles. The van der Waals surface area contributed by atoms with Crippen LogP contribution >= 0.6 is 23.2 Å². The molecule has 0 aliphatic carbocycles. The minimum Gasteiger partial charge on any atom is -0.310 e. The summed E-state index contributed by atoms with van der Waals surface area (Å²) in [5.74, 6) is 0. The zero-order valence-corrected chi connectivity index (χ0v) is 25.4. The lowest BCUT2D eigenvalue weighted by Crippen LogP contribution is -2.24. The molecule has 0 atom stereocenters. The van der Waals surface area contributed by atoms with E-state index in [9.17, 15) is 0 Å². The minimum absolute atomic E-state index is 0.398. The number of hydrogen-bond donors (Lipinski definition) is 0. The van der Waals surface area contributed by atoms with E-state index in [1.807, 2.05) is 84.9 Å². The van der Waals surface area contributed by atoms with Crippen molar-refractivity contribution in [1.82, 2.24) is 9.97 Å². The molecule has 0 N–H and O–H groups in total. The van der Waals surface area contributed by atoms with Crippen LogP contribution in [0.2, 0.25) is 10.3 Å². The molecule has 6 aromatic rings. The molecule has 43 heavy (non-hydrogen) atoms. The Morgan fingerprint density at radius 2 is 0.698 bits per heavy atom. The van der Waals surface area contributed by atoms with Crippen molar-refractivity contribution in [2.75, 3.05) is 9.80 Å². The van der Waals surface area contributed by atoms with Gasteiger partial charge in [-0.1, -0.05) is 96.0 Å². The molecule has 4 aromatic carbocycles. The van der Waals surface area contributed by atoms with E-state index in [0.717, 1.165) is 45.5 Å². The van der Waals surface area contributed by atoms with E-state index in [4.69, 9.17) is 33.2 Å². The van der Waals surface area contributed by atoms with Gasteiger partial charge in [-0.3, -0.25) is 0 Å². The molecule has 0 amide bonds. The highest BCUT2D eigenvalue weighted by Gasteiger charge is 2.30. The van der Waals surface area contributed by atoms with Gasteiger partial charge in [-0.15, -0.1) is 0 Å². The Balaban J connectivity index is 1.47. The number of para-hydroxylation sites is 4. The van der Waals surface area contributed by atoms with E-state index < -0.39 is 5.41 Å². The summed E-state index contributed by atoms with van der Waals surface area (Å²) < 4.78 is 0. The average molecular weight is 602 g/mol. The topological polar surface area (TPSA) is 32.3 Å².